The Morgan fingerprint density at radius 1 is 1.59 bits per heavy atom. The molecule has 1 N–H and O–H groups in total. The minimum atomic E-state index is -0.656. The van der Waals surface area contributed by atoms with Crippen LogP contribution in [0.5, 0.6) is 0 Å². The van der Waals surface area contributed by atoms with Crippen LogP contribution in [0.15, 0.2) is 12.3 Å². The second-order valence-corrected chi connectivity index (χ2v) is 3.64. The fourth-order valence-electron chi connectivity index (χ4n) is 1.21. The van der Waals surface area contributed by atoms with Gasteiger partial charge in [0, 0.05) is 18.3 Å². The smallest absolute Gasteiger partial charge is 0.339 e. The van der Waals surface area contributed by atoms with E-state index in [9.17, 15) is 14.9 Å². The number of nitro groups is 1. The minimum Gasteiger partial charge on any atom is -0.465 e. The lowest BCUT2D eigenvalue weighted by atomic mass is 10.2. The quantitative estimate of drug-likeness (QED) is 0.487. The SMILES string of the molecule is COC(=O)c1cnc(NC(C)C)c([N+](=O)[O-])c1. The van der Waals surface area contributed by atoms with E-state index in [1.807, 2.05) is 13.8 Å². The Morgan fingerprint density at radius 2 is 2.24 bits per heavy atom. The first-order valence-corrected chi connectivity index (χ1v) is 4.95. The van der Waals surface area contributed by atoms with Gasteiger partial charge in [0.25, 0.3) is 0 Å². The van der Waals surface area contributed by atoms with Gasteiger partial charge in [0.05, 0.1) is 17.6 Å². The molecular weight excluding hydrogens is 226 g/mol. The van der Waals surface area contributed by atoms with E-state index in [-0.39, 0.29) is 23.1 Å². The standard InChI is InChI=1S/C10H13N3O4/c1-6(2)12-9-8(13(15)16)4-7(5-11-9)10(14)17-3/h4-6H,1-3H3,(H,11,12). The number of nitrogens with zero attached hydrogens (tertiary/aromatic N) is 2. The first-order valence-electron chi connectivity index (χ1n) is 4.95. The molecule has 1 rings (SSSR count). The largest absolute Gasteiger partial charge is 0.465 e. The number of hydrogen-bond acceptors (Lipinski definition) is 6. The van der Waals surface area contributed by atoms with Gasteiger partial charge in [0.15, 0.2) is 0 Å². The van der Waals surface area contributed by atoms with E-state index in [1.54, 1.807) is 0 Å². The summed E-state index contributed by atoms with van der Waals surface area (Å²) in [4.78, 5) is 25.3. The summed E-state index contributed by atoms with van der Waals surface area (Å²) in [5, 5.41) is 13.7. The normalized spacial score (nSPS) is 10.1. The number of nitrogens with one attached hydrogen (secondary N) is 1. The van der Waals surface area contributed by atoms with Crippen LogP contribution in [0.25, 0.3) is 0 Å². The average Bonchev–Trinajstić information content (AvgIpc) is 2.27. The predicted octanol–water partition coefficient (Wildman–Crippen LogP) is 1.60. The van der Waals surface area contributed by atoms with Crippen molar-refractivity contribution >= 4 is 17.5 Å². The highest BCUT2D eigenvalue weighted by atomic mass is 16.6. The molecule has 0 atom stereocenters. The van der Waals surface area contributed by atoms with Gasteiger partial charge in [-0.1, -0.05) is 0 Å². The summed E-state index contributed by atoms with van der Waals surface area (Å²) < 4.78 is 4.47. The summed E-state index contributed by atoms with van der Waals surface area (Å²) in [5.74, 6) is -0.519. The second-order valence-electron chi connectivity index (χ2n) is 3.64. The van der Waals surface area contributed by atoms with Crippen molar-refractivity contribution < 1.29 is 14.5 Å². The molecule has 0 aliphatic rings. The number of esters is 1. The number of methoxy groups -OCH3 is 1. The zero-order valence-electron chi connectivity index (χ0n) is 9.76. The average molecular weight is 239 g/mol. The molecule has 0 aromatic carbocycles. The van der Waals surface area contributed by atoms with E-state index < -0.39 is 10.9 Å². The first kappa shape index (κ1) is 12.9. The highest BCUT2D eigenvalue weighted by Crippen LogP contribution is 2.23. The van der Waals surface area contributed by atoms with Gasteiger partial charge in [0.1, 0.15) is 0 Å². The van der Waals surface area contributed by atoms with E-state index in [0.29, 0.717) is 0 Å². The first-order chi connectivity index (χ1) is 7.95. The van der Waals surface area contributed by atoms with Gasteiger partial charge in [-0.25, -0.2) is 9.78 Å². The maximum Gasteiger partial charge on any atom is 0.339 e. The van der Waals surface area contributed by atoms with E-state index in [4.69, 9.17) is 0 Å². The van der Waals surface area contributed by atoms with Crippen LogP contribution in [0, 0.1) is 10.1 Å². The Morgan fingerprint density at radius 3 is 2.71 bits per heavy atom. The zero-order valence-corrected chi connectivity index (χ0v) is 9.76. The van der Waals surface area contributed by atoms with Crippen LogP contribution >= 0.6 is 0 Å². The molecule has 7 nitrogen and oxygen atoms in total. The lowest BCUT2D eigenvalue weighted by Gasteiger charge is -2.09. The van der Waals surface area contributed by atoms with Crippen LogP contribution in [0.4, 0.5) is 11.5 Å². The second kappa shape index (κ2) is 5.24. The molecule has 1 aromatic rings. The Balaban J connectivity index is 3.17. The van der Waals surface area contributed by atoms with Crippen molar-refractivity contribution in [1.29, 1.82) is 0 Å². The van der Waals surface area contributed by atoms with Gasteiger partial charge in [-0.05, 0) is 13.8 Å². The number of hydrogen-bond donors (Lipinski definition) is 1. The maximum absolute atomic E-state index is 11.2. The van der Waals surface area contributed by atoms with Crippen molar-refractivity contribution in [2.45, 2.75) is 19.9 Å². The highest BCUT2D eigenvalue weighted by molar-refractivity contribution is 5.90. The number of carbonyl (C=O) groups is 1. The molecule has 1 heterocycles. The lowest BCUT2D eigenvalue weighted by molar-refractivity contribution is -0.384. The molecule has 0 bridgehead atoms. The molecule has 0 aliphatic carbocycles. The molecule has 0 fully saturated rings. The van der Waals surface area contributed by atoms with Crippen LogP contribution < -0.4 is 5.32 Å². The molecule has 0 saturated carbocycles. The maximum atomic E-state index is 11.2. The summed E-state index contributed by atoms with van der Waals surface area (Å²) in [6.07, 6.45) is 1.24. The fourth-order valence-corrected chi connectivity index (χ4v) is 1.21. The Hall–Kier alpha value is -2.18. The highest BCUT2D eigenvalue weighted by Gasteiger charge is 2.19. The van der Waals surface area contributed by atoms with Gasteiger partial charge in [-0.15, -0.1) is 0 Å². The van der Waals surface area contributed by atoms with Crippen molar-refractivity contribution in [3.8, 4) is 0 Å². The molecule has 0 spiro atoms. The van der Waals surface area contributed by atoms with Crippen LogP contribution in [0.2, 0.25) is 0 Å². The molecule has 92 valence electrons. The predicted molar refractivity (Wildman–Crippen MR) is 61.0 cm³/mol. The Labute approximate surface area is 98.0 Å². The van der Waals surface area contributed by atoms with Crippen LogP contribution in [0.1, 0.15) is 24.2 Å². The lowest BCUT2D eigenvalue weighted by Crippen LogP contribution is -2.13. The van der Waals surface area contributed by atoms with Crippen molar-refractivity contribution in [3.05, 3.63) is 27.9 Å². The van der Waals surface area contributed by atoms with Crippen LogP contribution in [-0.4, -0.2) is 29.0 Å². The van der Waals surface area contributed by atoms with Crippen LogP contribution in [-0.2, 0) is 4.74 Å². The summed E-state index contributed by atoms with van der Waals surface area (Å²) in [6.45, 7) is 3.67. The molecule has 7 heteroatoms. The van der Waals surface area contributed by atoms with Crippen molar-refractivity contribution in [2.24, 2.45) is 0 Å². The van der Waals surface area contributed by atoms with Gasteiger partial charge in [-0.3, -0.25) is 10.1 Å². The summed E-state index contributed by atoms with van der Waals surface area (Å²) in [6, 6.07) is 1.15. The number of rotatable bonds is 4. The van der Waals surface area contributed by atoms with E-state index in [2.05, 4.69) is 15.0 Å². The minimum absolute atomic E-state index is 0.00479. The molecule has 0 aliphatic heterocycles. The fraction of sp³-hybridized carbons (Fsp3) is 0.400. The third kappa shape index (κ3) is 3.13. The zero-order chi connectivity index (χ0) is 13.0. The third-order valence-corrected chi connectivity index (χ3v) is 1.91. The number of ether oxygens (including phenoxy) is 1. The number of anilines is 1. The number of carbonyl (C=O) groups excluding carboxylic acids is 1. The summed E-state index contributed by atoms with van der Waals surface area (Å²) in [5.41, 5.74) is -0.199. The molecule has 17 heavy (non-hydrogen) atoms. The van der Waals surface area contributed by atoms with Gasteiger partial charge in [0.2, 0.25) is 5.82 Å². The summed E-state index contributed by atoms with van der Waals surface area (Å²) in [7, 11) is 1.20. The number of pyridine rings is 1. The summed E-state index contributed by atoms with van der Waals surface area (Å²) >= 11 is 0. The van der Waals surface area contributed by atoms with Gasteiger partial charge >= 0.3 is 11.7 Å². The van der Waals surface area contributed by atoms with Crippen molar-refractivity contribution in [1.82, 2.24) is 4.98 Å². The molecule has 0 radical (unpaired) electrons. The molecular formula is C10H13N3O4. The molecule has 1 aromatic heterocycles. The third-order valence-electron chi connectivity index (χ3n) is 1.91. The monoisotopic (exact) mass is 239 g/mol. The molecule has 0 amide bonds. The van der Waals surface area contributed by atoms with Crippen LogP contribution in [0.3, 0.4) is 0 Å². The van der Waals surface area contributed by atoms with Gasteiger partial charge in [-0.2, -0.15) is 0 Å². The topological polar surface area (TPSA) is 94.4 Å². The molecule has 0 unspecified atom stereocenters. The van der Waals surface area contributed by atoms with Crippen molar-refractivity contribution in [2.75, 3.05) is 12.4 Å². The van der Waals surface area contributed by atoms with E-state index in [1.165, 1.54) is 13.3 Å². The van der Waals surface area contributed by atoms with Gasteiger partial charge < -0.3 is 10.1 Å². The Bertz CT molecular complexity index is 445. The van der Waals surface area contributed by atoms with E-state index in [0.717, 1.165) is 6.07 Å². The van der Waals surface area contributed by atoms with Crippen molar-refractivity contribution in [3.63, 3.8) is 0 Å². The molecule has 0 saturated heterocycles. The number of aromatic nitrogens is 1. The van der Waals surface area contributed by atoms with E-state index >= 15 is 0 Å². The Kier molecular flexibility index (Phi) is 3.97.